The number of benzene rings is 1. The van der Waals surface area contributed by atoms with Gasteiger partial charge in [-0.1, -0.05) is 46.6 Å². The summed E-state index contributed by atoms with van der Waals surface area (Å²) in [5.74, 6) is 0.716. The summed E-state index contributed by atoms with van der Waals surface area (Å²) in [6, 6.07) is 8.28. The van der Waals surface area contributed by atoms with E-state index in [0.717, 1.165) is 26.7 Å². The van der Waals surface area contributed by atoms with E-state index < -0.39 is 0 Å². The van der Waals surface area contributed by atoms with Crippen LogP contribution in [0.25, 0.3) is 21.3 Å². The first-order valence-electron chi connectivity index (χ1n) is 6.31. The molecule has 0 N–H and O–H groups in total. The van der Waals surface area contributed by atoms with Gasteiger partial charge in [0.05, 0.1) is 5.39 Å². The summed E-state index contributed by atoms with van der Waals surface area (Å²) in [5.41, 5.74) is 2.33. The fraction of sp³-hybridized carbons (Fsp3) is 0.200. The van der Waals surface area contributed by atoms with Gasteiger partial charge < -0.3 is 0 Å². The standard InChI is InChI=1S/C15H12BrClN2S/c1-3-11-12(9-4-6-10(16)7-5-9)13-14(17)18-8(2)19-15(13)20-11/h4-7H,3H2,1-2H3. The lowest BCUT2D eigenvalue weighted by atomic mass is 10.0. The molecule has 2 nitrogen and oxygen atoms in total. The average Bonchev–Trinajstić information content (AvgIpc) is 2.78. The van der Waals surface area contributed by atoms with Crippen LogP contribution in [-0.2, 0) is 6.42 Å². The first kappa shape index (κ1) is 14.0. The first-order chi connectivity index (χ1) is 9.60. The highest BCUT2D eigenvalue weighted by molar-refractivity contribution is 9.10. The molecule has 2 heterocycles. The third-order valence-corrected chi connectivity index (χ3v) is 5.18. The number of halogens is 2. The molecule has 0 aliphatic heterocycles. The number of aryl methyl sites for hydroxylation is 2. The van der Waals surface area contributed by atoms with E-state index in [2.05, 4.69) is 45.0 Å². The molecule has 3 aromatic rings. The van der Waals surface area contributed by atoms with Gasteiger partial charge in [0.2, 0.25) is 0 Å². The zero-order valence-electron chi connectivity index (χ0n) is 11.1. The molecule has 0 unspecified atom stereocenters. The minimum Gasteiger partial charge on any atom is -0.222 e. The Bertz CT molecular complexity index is 781. The van der Waals surface area contributed by atoms with Crippen molar-refractivity contribution in [2.24, 2.45) is 0 Å². The van der Waals surface area contributed by atoms with Crippen molar-refractivity contribution in [1.29, 1.82) is 0 Å². The minimum absolute atomic E-state index is 0.543. The van der Waals surface area contributed by atoms with Gasteiger partial charge in [-0.05, 0) is 31.0 Å². The predicted octanol–water partition coefficient (Wildman–Crippen LogP) is 5.65. The summed E-state index contributed by atoms with van der Waals surface area (Å²) < 4.78 is 1.07. The van der Waals surface area contributed by atoms with Crippen LogP contribution in [0.4, 0.5) is 0 Å². The Balaban J connectivity index is 2.35. The number of thiophene rings is 1. The third kappa shape index (κ3) is 2.36. The summed E-state index contributed by atoms with van der Waals surface area (Å²) >= 11 is 11.5. The van der Waals surface area contributed by atoms with E-state index in [1.165, 1.54) is 10.4 Å². The van der Waals surface area contributed by atoms with E-state index in [1.807, 2.05) is 19.1 Å². The molecule has 2 aromatic heterocycles. The van der Waals surface area contributed by atoms with Gasteiger partial charge in [0.15, 0.2) is 0 Å². The molecule has 1 aromatic carbocycles. The highest BCUT2D eigenvalue weighted by atomic mass is 79.9. The summed E-state index contributed by atoms with van der Waals surface area (Å²) in [6.45, 7) is 4.03. The molecule has 0 fully saturated rings. The molecule has 0 aliphatic rings. The number of hydrogen-bond acceptors (Lipinski definition) is 3. The molecule has 0 spiro atoms. The van der Waals surface area contributed by atoms with Crippen LogP contribution in [-0.4, -0.2) is 9.97 Å². The third-order valence-electron chi connectivity index (χ3n) is 3.15. The van der Waals surface area contributed by atoms with Crippen molar-refractivity contribution in [2.45, 2.75) is 20.3 Å². The van der Waals surface area contributed by atoms with E-state index in [4.69, 9.17) is 11.6 Å². The van der Waals surface area contributed by atoms with Gasteiger partial charge in [-0.2, -0.15) is 0 Å². The van der Waals surface area contributed by atoms with Crippen molar-refractivity contribution < 1.29 is 0 Å². The van der Waals surface area contributed by atoms with Gasteiger partial charge in [0.25, 0.3) is 0 Å². The maximum atomic E-state index is 6.37. The van der Waals surface area contributed by atoms with Gasteiger partial charge in [-0.3, -0.25) is 0 Å². The van der Waals surface area contributed by atoms with Crippen molar-refractivity contribution in [3.63, 3.8) is 0 Å². The summed E-state index contributed by atoms with van der Waals surface area (Å²) in [4.78, 5) is 11.1. The number of aromatic nitrogens is 2. The average molecular weight is 368 g/mol. The molecule has 20 heavy (non-hydrogen) atoms. The van der Waals surface area contributed by atoms with Gasteiger partial charge >= 0.3 is 0 Å². The van der Waals surface area contributed by atoms with Crippen LogP contribution in [0.2, 0.25) is 5.15 Å². The molecule has 0 saturated heterocycles. The maximum Gasteiger partial charge on any atom is 0.142 e. The van der Waals surface area contributed by atoms with Crippen LogP contribution in [0.1, 0.15) is 17.6 Å². The van der Waals surface area contributed by atoms with Crippen molar-refractivity contribution in [3.8, 4) is 11.1 Å². The molecular formula is C15H12BrClN2S. The largest absolute Gasteiger partial charge is 0.222 e. The van der Waals surface area contributed by atoms with Crippen LogP contribution in [0.15, 0.2) is 28.7 Å². The highest BCUT2D eigenvalue weighted by Gasteiger charge is 2.17. The van der Waals surface area contributed by atoms with Crippen LogP contribution >= 0.6 is 38.9 Å². The first-order valence-corrected chi connectivity index (χ1v) is 8.30. The fourth-order valence-electron chi connectivity index (χ4n) is 2.28. The second-order valence-electron chi connectivity index (χ2n) is 4.50. The van der Waals surface area contributed by atoms with E-state index >= 15 is 0 Å². The normalized spacial score (nSPS) is 11.2. The van der Waals surface area contributed by atoms with Gasteiger partial charge in [0, 0.05) is 14.9 Å². The number of nitrogens with zero attached hydrogens (tertiary/aromatic N) is 2. The molecule has 3 rings (SSSR count). The van der Waals surface area contributed by atoms with Crippen LogP contribution in [0.5, 0.6) is 0 Å². The zero-order chi connectivity index (χ0) is 14.3. The topological polar surface area (TPSA) is 25.8 Å². The molecule has 0 saturated carbocycles. The summed E-state index contributed by atoms with van der Waals surface area (Å²) in [5, 5.41) is 1.52. The molecule has 0 aliphatic carbocycles. The lowest BCUT2D eigenvalue weighted by Crippen LogP contribution is -1.89. The summed E-state index contributed by atoms with van der Waals surface area (Å²) in [6.07, 6.45) is 0.960. The molecule has 0 atom stereocenters. The zero-order valence-corrected chi connectivity index (χ0v) is 14.2. The lowest BCUT2D eigenvalue weighted by Gasteiger charge is -2.05. The van der Waals surface area contributed by atoms with Gasteiger partial charge in [-0.15, -0.1) is 11.3 Å². The smallest absolute Gasteiger partial charge is 0.142 e. The van der Waals surface area contributed by atoms with Gasteiger partial charge in [0.1, 0.15) is 15.8 Å². The molecule has 0 amide bonds. The Morgan fingerprint density at radius 1 is 1.20 bits per heavy atom. The monoisotopic (exact) mass is 366 g/mol. The number of rotatable bonds is 2. The SMILES string of the molecule is CCc1sc2nc(C)nc(Cl)c2c1-c1ccc(Br)cc1. The van der Waals surface area contributed by atoms with E-state index in [0.29, 0.717) is 11.0 Å². The molecule has 102 valence electrons. The summed E-state index contributed by atoms with van der Waals surface area (Å²) in [7, 11) is 0. The Morgan fingerprint density at radius 3 is 2.55 bits per heavy atom. The molecular weight excluding hydrogens is 356 g/mol. The Hall–Kier alpha value is -0.970. The quantitative estimate of drug-likeness (QED) is 0.547. The van der Waals surface area contributed by atoms with E-state index in [1.54, 1.807) is 11.3 Å². The van der Waals surface area contributed by atoms with E-state index in [9.17, 15) is 0 Å². The van der Waals surface area contributed by atoms with Crippen LogP contribution < -0.4 is 0 Å². The fourth-order valence-corrected chi connectivity index (χ4v) is 4.08. The van der Waals surface area contributed by atoms with Crippen molar-refractivity contribution in [3.05, 3.63) is 44.6 Å². The van der Waals surface area contributed by atoms with Crippen LogP contribution in [0, 0.1) is 6.92 Å². The predicted molar refractivity (Wildman–Crippen MR) is 89.7 cm³/mol. The van der Waals surface area contributed by atoms with Crippen molar-refractivity contribution in [1.82, 2.24) is 9.97 Å². The van der Waals surface area contributed by atoms with Crippen molar-refractivity contribution in [2.75, 3.05) is 0 Å². The highest BCUT2D eigenvalue weighted by Crippen LogP contribution is 2.41. The lowest BCUT2D eigenvalue weighted by molar-refractivity contribution is 1.10. The second-order valence-corrected chi connectivity index (χ2v) is 6.86. The molecule has 0 radical (unpaired) electrons. The van der Waals surface area contributed by atoms with Crippen molar-refractivity contribution >= 4 is 49.1 Å². The Morgan fingerprint density at radius 2 is 1.90 bits per heavy atom. The number of hydrogen-bond donors (Lipinski definition) is 0. The van der Waals surface area contributed by atoms with E-state index in [-0.39, 0.29) is 0 Å². The minimum atomic E-state index is 0.543. The maximum absolute atomic E-state index is 6.37. The number of fused-ring (bicyclic) bond motifs is 1. The van der Waals surface area contributed by atoms with Crippen LogP contribution in [0.3, 0.4) is 0 Å². The Kier molecular flexibility index (Phi) is 3.80. The molecule has 0 bridgehead atoms. The second kappa shape index (κ2) is 5.43. The Labute approximate surface area is 135 Å². The van der Waals surface area contributed by atoms with Gasteiger partial charge in [-0.25, -0.2) is 9.97 Å². The molecule has 5 heteroatoms.